The van der Waals surface area contributed by atoms with Crippen molar-refractivity contribution in [3.05, 3.63) is 35.5 Å². The highest BCUT2D eigenvalue weighted by atomic mass is 16.6. The first-order chi connectivity index (χ1) is 15.7. The van der Waals surface area contributed by atoms with Crippen molar-refractivity contribution in [1.29, 1.82) is 0 Å². The Morgan fingerprint density at radius 2 is 1.88 bits per heavy atom. The van der Waals surface area contributed by atoms with Gasteiger partial charge in [0.1, 0.15) is 11.3 Å². The minimum absolute atomic E-state index is 0.0751. The van der Waals surface area contributed by atoms with E-state index in [1.807, 2.05) is 18.2 Å². The van der Waals surface area contributed by atoms with Crippen molar-refractivity contribution < 1.29 is 23.9 Å². The van der Waals surface area contributed by atoms with Gasteiger partial charge in [0.15, 0.2) is 0 Å². The summed E-state index contributed by atoms with van der Waals surface area (Å²) in [6, 6.07) is 6.66. The Bertz CT molecular complexity index is 1130. The summed E-state index contributed by atoms with van der Waals surface area (Å²) >= 11 is 0. The third-order valence-electron chi connectivity index (χ3n) is 6.74. The van der Waals surface area contributed by atoms with Gasteiger partial charge in [0, 0.05) is 17.5 Å². The number of benzene rings is 1. The number of carbonyl (C=O) groups is 3. The summed E-state index contributed by atoms with van der Waals surface area (Å²) in [5, 5.41) is 9.73. The number of carbonyl (C=O) groups excluding carboxylic acids is 3. The average Bonchev–Trinajstić information content (AvgIpc) is 3.30. The second-order valence-electron chi connectivity index (χ2n) is 10.3. The molecule has 0 unspecified atom stereocenters. The first-order valence-electron chi connectivity index (χ1n) is 11.5. The zero-order valence-electron chi connectivity index (χ0n) is 19.2. The van der Waals surface area contributed by atoms with Crippen LogP contribution in [0.4, 0.5) is 4.79 Å². The van der Waals surface area contributed by atoms with Crippen molar-refractivity contribution in [1.82, 2.24) is 20.5 Å². The van der Waals surface area contributed by atoms with E-state index < -0.39 is 11.7 Å². The van der Waals surface area contributed by atoms with Crippen molar-refractivity contribution in [3.63, 3.8) is 0 Å². The number of ether oxygens (including phenoxy) is 2. The van der Waals surface area contributed by atoms with Crippen LogP contribution in [0.1, 0.15) is 60.9 Å². The Labute approximate surface area is 192 Å². The van der Waals surface area contributed by atoms with Crippen LogP contribution >= 0.6 is 0 Å². The van der Waals surface area contributed by atoms with E-state index in [-0.39, 0.29) is 29.4 Å². The van der Waals surface area contributed by atoms with E-state index in [9.17, 15) is 14.4 Å². The Morgan fingerprint density at radius 1 is 1.15 bits per heavy atom. The van der Waals surface area contributed by atoms with Gasteiger partial charge < -0.3 is 30.0 Å². The lowest BCUT2D eigenvalue weighted by atomic mass is 9.75. The fraction of sp³-hybridized carbons (Fsp3) is 0.542. The van der Waals surface area contributed by atoms with E-state index in [4.69, 9.17) is 9.47 Å². The van der Waals surface area contributed by atoms with Crippen LogP contribution in [-0.4, -0.2) is 59.9 Å². The van der Waals surface area contributed by atoms with Crippen LogP contribution in [0.2, 0.25) is 0 Å². The molecule has 1 spiro atoms. The molecule has 2 aromatic rings. The molecule has 0 bridgehead atoms. The van der Waals surface area contributed by atoms with E-state index >= 15 is 0 Å². The molecule has 33 heavy (non-hydrogen) atoms. The largest absolute Gasteiger partial charge is 0.444 e. The number of hydrogen-bond donors (Lipinski definition) is 3. The van der Waals surface area contributed by atoms with Gasteiger partial charge in [0.2, 0.25) is 0 Å². The molecule has 0 radical (unpaired) electrons. The molecule has 9 nitrogen and oxygen atoms in total. The maximum absolute atomic E-state index is 13.1. The summed E-state index contributed by atoms with van der Waals surface area (Å²) in [4.78, 5) is 37.7. The molecule has 1 saturated heterocycles. The van der Waals surface area contributed by atoms with E-state index in [0.29, 0.717) is 31.0 Å². The van der Waals surface area contributed by atoms with Gasteiger partial charge in [-0.3, -0.25) is 9.59 Å². The van der Waals surface area contributed by atoms with Gasteiger partial charge in [-0.05, 0) is 58.2 Å². The monoisotopic (exact) mass is 454 g/mol. The molecule has 9 heteroatoms. The van der Waals surface area contributed by atoms with Crippen LogP contribution in [-0.2, 0) is 15.0 Å². The summed E-state index contributed by atoms with van der Waals surface area (Å²) in [6.07, 6.45) is 2.61. The lowest BCUT2D eigenvalue weighted by Gasteiger charge is -2.47. The number of nitrogens with zero attached hydrogens (tertiary/aromatic N) is 1. The van der Waals surface area contributed by atoms with E-state index in [2.05, 4.69) is 20.5 Å². The molecule has 3 amide bonds. The lowest BCUT2D eigenvalue weighted by molar-refractivity contribution is 0.0492. The molecule has 2 aliphatic heterocycles. The maximum Gasteiger partial charge on any atom is 0.408 e. The Balaban J connectivity index is 1.35. The quantitative estimate of drug-likeness (QED) is 0.659. The summed E-state index contributed by atoms with van der Waals surface area (Å²) in [5.41, 5.74) is 1.36. The molecule has 3 N–H and O–H groups in total. The van der Waals surface area contributed by atoms with E-state index in [1.54, 1.807) is 26.8 Å². The molecule has 1 saturated carbocycles. The zero-order chi connectivity index (χ0) is 23.4. The van der Waals surface area contributed by atoms with Crippen molar-refractivity contribution in [3.8, 4) is 0 Å². The second-order valence-corrected chi connectivity index (χ2v) is 10.3. The maximum atomic E-state index is 13.1. The highest BCUT2D eigenvalue weighted by molar-refractivity contribution is 6.03. The molecule has 5 rings (SSSR count). The van der Waals surface area contributed by atoms with Crippen molar-refractivity contribution in [2.24, 2.45) is 0 Å². The number of nitrogens with one attached hydrogen (secondary N) is 3. The molecule has 3 heterocycles. The molecule has 176 valence electrons. The topological polar surface area (TPSA) is 111 Å². The molecule has 2 fully saturated rings. The summed E-state index contributed by atoms with van der Waals surface area (Å²) in [5.74, 6) is -0.323. The molecular formula is C24H30N4O5. The molecule has 2 atom stereocenters. The van der Waals surface area contributed by atoms with Crippen LogP contribution < -0.4 is 16.0 Å². The lowest BCUT2D eigenvalue weighted by Crippen LogP contribution is -2.55. The SMILES string of the molecule is CC(C)(C)OC(=O)N[C@H]1COC[C@H]1NC(=O)c1ccc2cc3n(c2c1)C1(CCC1)CNC3=O. The summed E-state index contributed by atoms with van der Waals surface area (Å²) in [7, 11) is 0. The number of alkyl carbamates (subject to hydrolysis) is 1. The van der Waals surface area contributed by atoms with Crippen LogP contribution in [0, 0.1) is 0 Å². The minimum atomic E-state index is -0.608. The number of fused-ring (bicyclic) bond motifs is 4. The first-order valence-corrected chi connectivity index (χ1v) is 11.5. The molecule has 3 aliphatic rings. The van der Waals surface area contributed by atoms with Gasteiger partial charge in [-0.15, -0.1) is 0 Å². The van der Waals surface area contributed by atoms with Crippen LogP contribution in [0.3, 0.4) is 0 Å². The third kappa shape index (κ3) is 3.94. The molecule has 1 aromatic carbocycles. The molecular weight excluding hydrogens is 424 g/mol. The highest BCUT2D eigenvalue weighted by Gasteiger charge is 2.44. The Morgan fingerprint density at radius 3 is 2.55 bits per heavy atom. The normalized spacial score (nSPS) is 23.5. The molecule has 1 aliphatic carbocycles. The predicted octanol–water partition coefficient (Wildman–Crippen LogP) is 2.29. The fourth-order valence-corrected chi connectivity index (χ4v) is 4.97. The van der Waals surface area contributed by atoms with Crippen LogP contribution in [0.15, 0.2) is 24.3 Å². The average molecular weight is 455 g/mol. The standard InChI is InChI=1S/C24H30N4O5/c1-23(2,3)33-22(31)27-17-12-32-11-16(17)26-20(29)15-6-5-14-9-19-21(30)25-13-24(7-4-8-24)28(19)18(14)10-15/h5-6,9-10,16-17H,4,7-8,11-13H2,1-3H3,(H,25,30)(H,26,29)(H,27,31)/t16-,17+/m1/s1. The third-order valence-corrected chi connectivity index (χ3v) is 6.74. The van der Waals surface area contributed by atoms with Crippen LogP contribution in [0.25, 0.3) is 10.9 Å². The van der Waals surface area contributed by atoms with Gasteiger partial charge in [-0.1, -0.05) is 6.07 Å². The van der Waals surface area contributed by atoms with Crippen LogP contribution in [0.5, 0.6) is 0 Å². The summed E-state index contributed by atoms with van der Waals surface area (Å²) < 4.78 is 12.9. The summed E-state index contributed by atoms with van der Waals surface area (Å²) in [6.45, 7) is 6.61. The zero-order valence-corrected chi connectivity index (χ0v) is 19.2. The Hall–Kier alpha value is -3.07. The van der Waals surface area contributed by atoms with E-state index in [1.165, 1.54) is 0 Å². The van der Waals surface area contributed by atoms with E-state index in [0.717, 1.165) is 30.2 Å². The number of rotatable bonds is 3. The number of aromatic nitrogens is 1. The van der Waals surface area contributed by atoms with Crippen molar-refractivity contribution in [2.75, 3.05) is 19.8 Å². The van der Waals surface area contributed by atoms with Gasteiger partial charge in [0.25, 0.3) is 11.8 Å². The molecule has 1 aromatic heterocycles. The minimum Gasteiger partial charge on any atom is -0.444 e. The van der Waals surface area contributed by atoms with Crippen molar-refractivity contribution in [2.45, 2.75) is 63.3 Å². The number of amides is 3. The van der Waals surface area contributed by atoms with Gasteiger partial charge in [-0.2, -0.15) is 0 Å². The fourth-order valence-electron chi connectivity index (χ4n) is 4.97. The smallest absolute Gasteiger partial charge is 0.408 e. The van der Waals surface area contributed by atoms with Gasteiger partial charge in [-0.25, -0.2) is 4.79 Å². The Kier molecular flexibility index (Phi) is 5.12. The number of hydrogen-bond acceptors (Lipinski definition) is 5. The highest BCUT2D eigenvalue weighted by Crippen LogP contribution is 2.44. The predicted molar refractivity (Wildman–Crippen MR) is 121 cm³/mol. The van der Waals surface area contributed by atoms with Crippen molar-refractivity contribution >= 4 is 28.8 Å². The van der Waals surface area contributed by atoms with Gasteiger partial charge in [0.05, 0.1) is 36.4 Å². The second kappa shape index (κ2) is 7.76. The van der Waals surface area contributed by atoms with Gasteiger partial charge >= 0.3 is 6.09 Å². The first kappa shape index (κ1) is 21.8.